The van der Waals surface area contributed by atoms with Crippen molar-refractivity contribution in [2.24, 2.45) is 0 Å². The van der Waals surface area contributed by atoms with Crippen molar-refractivity contribution in [3.8, 4) is 17.2 Å². The molecule has 0 heterocycles. The Morgan fingerprint density at radius 2 is 1.43 bits per heavy atom. The minimum atomic E-state index is -1.29. The first kappa shape index (κ1) is 17.2. The van der Waals surface area contributed by atoms with E-state index in [-0.39, 0.29) is 86.3 Å². The van der Waals surface area contributed by atoms with Gasteiger partial charge in [-0.1, -0.05) is 0 Å². The van der Waals surface area contributed by atoms with E-state index in [2.05, 4.69) is 0 Å². The van der Waals surface area contributed by atoms with E-state index in [9.17, 15) is 4.79 Å². The third-order valence-corrected chi connectivity index (χ3v) is 1.32. The van der Waals surface area contributed by atoms with Gasteiger partial charge in [0.1, 0.15) is 0 Å². The van der Waals surface area contributed by atoms with Crippen molar-refractivity contribution < 1.29 is 106 Å². The molecule has 4 N–H and O–H groups in total. The quantitative estimate of drug-likeness (QED) is 0.448. The topological polar surface area (TPSA) is 98.0 Å². The van der Waals surface area contributed by atoms with Crippen molar-refractivity contribution in [1.82, 2.24) is 0 Å². The summed E-state index contributed by atoms with van der Waals surface area (Å²) in [6.07, 6.45) is 0. The molecule has 0 aliphatic heterocycles. The van der Waals surface area contributed by atoms with Gasteiger partial charge in [-0.15, -0.1) is 0 Å². The summed E-state index contributed by atoms with van der Waals surface area (Å²) in [5, 5.41) is 35.0. The Bertz CT molecular complexity index is 318. The van der Waals surface area contributed by atoms with Gasteiger partial charge < -0.3 is 20.4 Å². The van der Waals surface area contributed by atoms with E-state index in [1.807, 2.05) is 0 Å². The first-order valence-electron chi connectivity index (χ1n) is 3.00. The number of phenols is 3. The van der Waals surface area contributed by atoms with E-state index in [0.29, 0.717) is 0 Å². The molecule has 5 nitrogen and oxygen atoms in total. The van der Waals surface area contributed by atoms with Crippen LogP contribution in [0.4, 0.5) is 0 Å². The van der Waals surface area contributed by atoms with Crippen molar-refractivity contribution in [3.63, 3.8) is 0 Å². The van der Waals surface area contributed by atoms with E-state index in [1.54, 1.807) is 0 Å². The van der Waals surface area contributed by atoms with Crippen LogP contribution in [0.1, 0.15) is 10.4 Å². The summed E-state index contributed by atoms with van der Waals surface area (Å²) in [5.74, 6) is -3.33. The molecule has 1 aromatic rings. The van der Waals surface area contributed by atoms with Gasteiger partial charge in [0.15, 0.2) is 17.2 Å². The van der Waals surface area contributed by atoms with Gasteiger partial charge in [0.2, 0.25) is 0 Å². The Hall–Kier alpha value is 0.765. The molecule has 0 aliphatic carbocycles. The average molecular weight is 472 g/mol. The summed E-state index contributed by atoms with van der Waals surface area (Å²) in [5.41, 5.74) is -0.289. The summed E-state index contributed by atoms with van der Waals surface area (Å²) in [7, 11) is 0. The number of hydrogen-bond donors (Lipinski definition) is 4. The van der Waals surface area contributed by atoms with Crippen molar-refractivity contribution >= 4 is 5.97 Å². The number of carbonyl (C=O) groups is 1. The Balaban J connectivity index is 0. The van der Waals surface area contributed by atoms with Crippen molar-refractivity contribution in [2.45, 2.75) is 0 Å². The molecular weight excluding hydrogens is 466 g/mol. The number of carboxylic acids is 1. The first-order valence-corrected chi connectivity index (χ1v) is 3.00. The molecule has 7 heteroatoms. The maximum absolute atomic E-state index is 10.3. The van der Waals surface area contributed by atoms with Crippen LogP contribution in [0, 0.1) is 80.8 Å². The molecule has 0 saturated heterocycles. The van der Waals surface area contributed by atoms with Gasteiger partial charge in [0, 0.05) is 80.8 Å². The van der Waals surface area contributed by atoms with Crippen molar-refractivity contribution in [2.75, 3.05) is 0 Å². The van der Waals surface area contributed by atoms with Gasteiger partial charge in [0.25, 0.3) is 0 Å². The number of rotatable bonds is 1. The van der Waals surface area contributed by atoms with E-state index in [1.165, 1.54) is 0 Å². The molecule has 0 unspecified atom stereocenters. The van der Waals surface area contributed by atoms with Crippen LogP contribution in [0.5, 0.6) is 17.2 Å². The Morgan fingerprint density at radius 3 is 1.71 bits per heavy atom. The molecule has 0 fully saturated rings. The molecule has 76 valence electrons. The van der Waals surface area contributed by atoms with Gasteiger partial charge in [-0.3, -0.25) is 0 Å². The van der Waals surface area contributed by atoms with Crippen LogP contribution in [0.3, 0.4) is 0 Å². The van der Waals surface area contributed by atoms with Crippen LogP contribution >= 0.6 is 0 Å². The number of benzene rings is 1. The third-order valence-electron chi connectivity index (χ3n) is 1.32. The maximum Gasteiger partial charge on any atom is 0.335 e. The third kappa shape index (κ3) is 4.10. The zero-order chi connectivity index (χ0) is 9.30. The summed E-state index contributed by atoms with van der Waals surface area (Å²) >= 11 is 0. The molecule has 14 heavy (non-hydrogen) atoms. The first-order chi connectivity index (χ1) is 5.52. The molecule has 0 saturated carbocycles. The molecule has 0 radical (unpaired) electrons. The van der Waals surface area contributed by atoms with Crippen LogP contribution in [0.25, 0.3) is 0 Å². The van der Waals surface area contributed by atoms with Crippen LogP contribution in [-0.4, -0.2) is 26.4 Å². The second kappa shape index (κ2) is 7.11. The number of phenolic OH excluding ortho intramolecular Hbond substituents is 3. The number of carboxylic acid groups (broad SMARTS) is 1. The van der Waals surface area contributed by atoms with Gasteiger partial charge in [0.05, 0.1) is 5.56 Å². The average Bonchev–Trinajstić information content (AvgIpc) is 1.99. The standard InChI is InChI=1S/C7H6O5.Gd.Nd/c8-4-1-3(7(11)12)2-5(9)6(4)10;;/h1-2,8-10H,(H,11,12);;. The summed E-state index contributed by atoms with van der Waals surface area (Å²) in [6.45, 7) is 0. The van der Waals surface area contributed by atoms with E-state index < -0.39 is 23.2 Å². The largest absolute Gasteiger partial charge is 0.504 e. The second-order valence-corrected chi connectivity index (χ2v) is 2.17. The molecule has 0 aromatic heterocycles. The van der Waals surface area contributed by atoms with Crippen LogP contribution in [0.15, 0.2) is 12.1 Å². The normalized spacial score (nSPS) is 8.29. The van der Waals surface area contributed by atoms with Crippen LogP contribution in [0.2, 0.25) is 0 Å². The fourth-order valence-corrected chi connectivity index (χ4v) is 0.728. The Morgan fingerprint density at radius 1 is 1.07 bits per heavy atom. The molecule has 0 spiro atoms. The van der Waals surface area contributed by atoms with E-state index >= 15 is 0 Å². The summed E-state index contributed by atoms with van der Waals surface area (Å²) in [4.78, 5) is 10.3. The van der Waals surface area contributed by atoms with Crippen LogP contribution in [-0.2, 0) is 0 Å². The van der Waals surface area contributed by atoms with E-state index in [4.69, 9.17) is 20.4 Å². The summed E-state index contributed by atoms with van der Waals surface area (Å²) < 4.78 is 0. The Labute approximate surface area is 144 Å². The number of aromatic hydroxyl groups is 3. The number of aromatic carboxylic acids is 1. The van der Waals surface area contributed by atoms with Gasteiger partial charge >= 0.3 is 5.97 Å². The molecule has 0 aliphatic rings. The van der Waals surface area contributed by atoms with Crippen molar-refractivity contribution in [1.29, 1.82) is 0 Å². The smallest absolute Gasteiger partial charge is 0.335 e. The van der Waals surface area contributed by atoms with Gasteiger partial charge in [-0.05, 0) is 12.1 Å². The zero-order valence-electron chi connectivity index (χ0n) is 6.71. The fourth-order valence-electron chi connectivity index (χ4n) is 0.728. The fraction of sp³-hybridized carbons (Fsp3) is 0. The second-order valence-electron chi connectivity index (χ2n) is 2.17. The summed E-state index contributed by atoms with van der Waals surface area (Å²) in [6, 6.07) is 1.69. The molecule has 0 bridgehead atoms. The predicted molar refractivity (Wildman–Crippen MR) is 38.4 cm³/mol. The van der Waals surface area contributed by atoms with E-state index in [0.717, 1.165) is 12.1 Å². The zero-order valence-corrected chi connectivity index (χ0v) is 12.2. The monoisotopic (exact) mass is 470 g/mol. The minimum Gasteiger partial charge on any atom is -0.504 e. The van der Waals surface area contributed by atoms with Crippen molar-refractivity contribution in [3.05, 3.63) is 17.7 Å². The molecular formula is C7H6GdNdO5. The maximum atomic E-state index is 10.3. The van der Waals surface area contributed by atoms with Crippen LogP contribution < -0.4 is 0 Å². The minimum absolute atomic E-state index is 0. The Kier molecular flexibility index (Phi) is 8.72. The number of hydrogen-bond acceptors (Lipinski definition) is 4. The van der Waals surface area contributed by atoms with Gasteiger partial charge in [-0.25, -0.2) is 4.79 Å². The van der Waals surface area contributed by atoms with Gasteiger partial charge in [-0.2, -0.15) is 0 Å². The molecule has 1 rings (SSSR count). The molecule has 0 amide bonds. The molecule has 1 aromatic carbocycles. The molecule has 0 atom stereocenters. The predicted octanol–water partition coefficient (Wildman–Crippen LogP) is 0.502. The SMILES string of the molecule is O=C(O)c1cc(O)c(O)c(O)c1.[Gd].[Nd].